The Morgan fingerprint density at radius 1 is 0.714 bits per heavy atom. The van der Waals surface area contributed by atoms with Crippen molar-refractivity contribution in [1.29, 1.82) is 0 Å². The second-order valence-electron chi connectivity index (χ2n) is 13.3. The van der Waals surface area contributed by atoms with Crippen molar-refractivity contribution in [1.82, 2.24) is 0 Å². The fourth-order valence-electron chi connectivity index (χ4n) is 6.04. The van der Waals surface area contributed by atoms with Crippen LogP contribution in [0.15, 0.2) is 36.4 Å². The van der Waals surface area contributed by atoms with Gasteiger partial charge in [0.1, 0.15) is 29.8 Å². The van der Waals surface area contributed by atoms with Crippen LogP contribution in [0.25, 0.3) is 0 Å². The number of benzene rings is 2. The molecule has 1 N–H and O–H groups in total. The molecule has 1 unspecified atom stereocenters. The number of ether oxygens (including phenoxy) is 6. The van der Waals surface area contributed by atoms with E-state index < -0.39 is 17.1 Å². The number of hydrogen-bond acceptors (Lipinski definition) is 8. The zero-order valence-electron chi connectivity index (χ0n) is 31.6. The first kappa shape index (κ1) is 41.6. The molecule has 5 atom stereocenters. The maximum Gasteiger partial charge on any atom is 0.168 e. The summed E-state index contributed by atoms with van der Waals surface area (Å²) in [4.78, 5) is -1.47. The molecular weight excluding hydrogens is 637 g/mol. The highest BCUT2D eigenvalue weighted by Gasteiger charge is 2.57. The summed E-state index contributed by atoms with van der Waals surface area (Å²) >= 11 is 1.50. The molecule has 7 nitrogen and oxygen atoms in total. The fourth-order valence-corrected chi connectivity index (χ4v) is 7.66. The molecule has 0 saturated carbocycles. The van der Waals surface area contributed by atoms with E-state index in [2.05, 4.69) is 65.8 Å². The Kier molecular flexibility index (Phi) is 19.4. The van der Waals surface area contributed by atoms with Gasteiger partial charge >= 0.3 is 0 Å². The molecule has 1 saturated heterocycles. The lowest BCUT2D eigenvalue weighted by molar-refractivity contribution is -0.190. The number of rotatable bonds is 25. The monoisotopic (exact) mass is 702 g/mol. The predicted molar refractivity (Wildman–Crippen MR) is 202 cm³/mol. The maximum atomic E-state index is 13.3. The van der Waals surface area contributed by atoms with Gasteiger partial charge in [0.2, 0.25) is 0 Å². The van der Waals surface area contributed by atoms with Gasteiger partial charge in [-0.15, -0.1) is 11.8 Å². The van der Waals surface area contributed by atoms with E-state index in [0.717, 1.165) is 86.6 Å². The fraction of sp³-hybridized carbons (Fsp3) is 0.707. The van der Waals surface area contributed by atoms with Crippen molar-refractivity contribution in [3.05, 3.63) is 58.7 Å². The minimum absolute atomic E-state index is 0.175. The van der Waals surface area contributed by atoms with E-state index >= 15 is 0 Å². The van der Waals surface area contributed by atoms with E-state index in [0.29, 0.717) is 51.8 Å². The van der Waals surface area contributed by atoms with Crippen LogP contribution in [-0.4, -0.2) is 75.4 Å². The van der Waals surface area contributed by atoms with Gasteiger partial charge in [-0.3, -0.25) is 0 Å². The van der Waals surface area contributed by atoms with Crippen molar-refractivity contribution in [2.24, 2.45) is 0 Å². The third kappa shape index (κ3) is 12.4. The van der Waals surface area contributed by atoms with Crippen molar-refractivity contribution < 1.29 is 33.5 Å². The molecule has 0 aromatic heterocycles. The topological polar surface area (TPSA) is 75.6 Å². The number of hydrogen-bond donors (Lipinski definition) is 1. The number of aryl methyl sites for hydroxylation is 1. The third-order valence-corrected chi connectivity index (χ3v) is 10.7. The maximum absolute atomic E-state index is 13.3. The summed E-state index contributed by atoms with van der Waals surface area (Å²) < 4.78 is 38.5. The van der Waals surface area contributed by atoms with Gasteiger partial charge in [-0.1, -0.05) is 78.9 Å². The largest absolute Gasteiger partial charge is 0.497 e. The first-order valence-corrected chi connectivity index (χ1v) is 20.0. The van der Waals surface area contributed by atoms with E-state index in [4.69, 9.17) is 28.4 Å². The quantitative estimate of drug-likeness (QED) is 0.103. The van der Waals surface area contributed by atoms with Crippen LogP contribution in [-0.2, 0) is 30.3 Å². The Balaban J connectivity index is 2.18. The smallest absolute Gasteiger partial charge is 0.168 e. The second-order valence-corrected chi connectivity index (χ2v) is 14.8. The molecule has 278 valence electrons. The van der Waals surface area contributed by atoms with E-state index in [1.807, 2.05) is 12.1 Å². The Labute approximate surface area is 302 Å². The average Bonchev–Trinajstić information content (AvgIpc) is 3.10. The number of thioether (sulfide) groups is 1. The van der Waals surface area contributed by atoms with Crippen molar-refractivity contribution in [2.75, 3.05) is 46.8 Å². The van der Waals surface area contributed by atoms with Crippen molar-refractivity contribution in [3.63, 3.8) is 0 Å². The molecule has 1 heterocycles. The second kappa shape index (κ2) is 22.9. The van der Waals surface area contributed by atoms with Crippen LogP contribution in [0, 0.1) is 6.92 Å². The Hall–Kier alpha value is -1.81. The third-order valence-electron chi connectivity index (χ3n) is 9.17. The molecule has 2 aromatic carbocycles. The molecule has 0 bridgehead atoms. The lowest BCUT2D eigenvalue weighted by atomic mass is 9.89. The predicted octanol–water partition coefficient (Wildman–Crippen LogP) is 9.41. The summed E-state index contributed by atoms with van der Waals surface area (Å²) in [6.45, 7) is 16.4. The molecule has 49 heavy (non-hydrogen) atoms. The van der Waals surface area contributed by atoms with Crippen LogP contribution in [0.1, 0.15) is 121 Å². The molecular formula is C41H66O7S. The SMILES string of the molecule is CCCCOC[C@H]1SC(O)(c2cc(Cc3ccc(OC)cc3)c(C)cc2OCCCC)[C@H](OCCCC)[C@@H](OCCCC)[C@@H]1OCCCC. The van der Waals surface area contributed by atoms with Gasteiger partial charge in [0.05, 0.1) is 25.6 Å². The highest BCUT2D eigenvalue weighted by Crippen LogP contribution is 2.53. The Bertz CT molecular complexity index is 1180. The molecule has 0 spiro atoms. The highest BCUT2D eigenvalue weighted by atomic mass is 32.2. The Morgan fingerprint density at radius 2 is 1.29 bits per heavy atom. The van der Waals surface area contributed by atoms with Crippen LogP contribution in [0.2, 0.25) is 0 Å². The van der Waals surface area contributed by atoms with E-state index in [9.17, 15) is 5.11 Å². The van der Waals surface area contributed by atoms with Gasteiger partial charge in [-0.25, -0.2) is 0 Å². The molecule has 0 amide bonds. The summed E-state index contributed by atoms with van der Waals surface area (Å²) in [6.07, 6.45) is 9.07. The standard InChI is InChI=1S/C41H66O7S/c1-8-13-22-44-30-37-38(46-24-15-10-3)39(47-25-16-11-4)40(48-26-17-12-5)41(42,49-37)35-29-33(28-32-18-20-34(43-7)21-19-32)31(6)27-36(35)45-23-14-9-2/h18-21,27,29,37-40,42H,8-17,22-26,28,30H2,1-7H3/t37-,38-,39+,40-,41?/m1/s1. The van der Waals surface area contributed by atoms with Gasteiger partial charge in [0, 0.05) is 32.0 Å². The molecule has 0 aliphatic carbocycles. The normalized spacial score (nSPS) is 22.4. The van der Waals surface area contributed by atoms with Crippen LogP contribution < -0.4 is 9.47 Å². The van der Waals surface area contributed by atoms with Crippen molar-refractivity contribution in [3.8, 4) is 11.5 Å². The van der Waals surface area contributed by atoms with E-state index in [1.54, 1.807) is 7.11 Å². The minimum atomic E-state index is -1.47. The van der Waals surface area contributed by atoms with Gasteiger partial charge < -0.3 is 33.5 Å². The lowest BCUT2D eigenvalue weighted by Gasteiger charge is -2.50. The first-order chi connectivity index (χ1) is 23.9. The molecule has 8 heteroatoms. The molecule has 0 radical (unpaired) electrons. The van der Waals surface area contributed by atoms with Crippen LogP contribution in [0.3, 0.4) is 0 Å². The van der Waals surface area contributed by atoms with Gasteiger partial charge in [-0.05, 0) is 86.4 Å². The van der Waals surface area contributed by atoms with E-state index in [1.165, 1.54) is 17.3 Å². The molecule has 1 fully saturated rings. The molecule has 1 aliphatic rings. The van der Waals surface area contributed by atoms with Gasteiger partial charge in [0.25, 0.3) is 0 Å². The summed E-state index contributed by atoms with van der Waals surface area (Å²) in [5.74, 6) is 1.53. The van der Waals surface area contributed by atoms with Crippen LogP contribution in [0.4, 0.5) is 0 Å². The van der Waals surface area contributed by atoms with Gasteiger partial charge in [-0.2, -0.15) is 0 Å². The number of unbranched alkanes of at least 4 members (excludes halogenated alkanes) is 5. The summed E-state index contributed by atoms with van der Waals surface area (Å²) in [6, 6.07) is 12.5. The van der Waals surface area contributed by atoms with Crippen molar-refractivity contribution in [2.45, 2.75) is 141 Å². The summed E-state index contributed by atoms with van der Waals surface area (Å²) in [5, 5.41) is 13.2. The van der Waals surface area contributed by atoms with Crippen LogP contribution >= 0.6 is 11.8 Å². The lowest BCUT2D eigenvalue weighted by Crippen LogP contribution is -2.61. The average molecular weight is 703 g/mol. The highest BCUT2D eigenvalue weighted by molar-refractivity contribution is 8.00. The molecule has 3 rings (SSSR count). The number of aliphatic hydroxyl groups is 1. The van der Waals surface area contributed by atoms with Gasteiger partial charge in [0.15, 0.2) is 4.93 Å². The van der Waals surface area contributed by atoms with Crippen LogP contribution in [0.5, 0.6) is 11.5 Å². The zero-order chi connectivity index (χ0) is 35.5. The number of methoxy groups -OCH3 is 1. The summed E-state index contributed by atoms with van der Waals surface area (Å²) in [5.41, 5.74) is 4.15. The summed E-state index contributed by atoms with van der Waals surface area (Å²) in [7, 11) is 1.69. The Morgan fingerprint density at radius 3 is 1.90 bits per heavy atom. The van der Waals surface area contributed by atoms with E-state index in [-0.39, 0.29) is 11.4 Å². The molecule has 2 aromatic rings. The minimum Gasteiger partial charge on any atom is -0.497 e. The zero-order valence-corrected chi connectivity index (χ0v) is 32.4. The molecule has 1 aliphatic heterocycles. The first-order valence-electron chi connectivity index (χ1n) is 19.1. The van der Waals surface area contributed by atoms with Crippen molar-refractivity contribution >= 4 is 11.8 Å².